The first-order valence-electron chi connectivity index (χ1n) is 7.27. The van der Waals surface area contributed by atoms with E-state index in [1.807, 2.05) is 35.2 Å². The number of aryl methyl sites for hydroxylation is 1. The zero-order valence-electron chi connectivity index (χ0n) is 12.4. The van der Waals surface area contributed by atoms with Gasteiger partial charge in [0.2, 0.25) is 0 Å². The van der Waals surface area contributed by atoms with Crippen LogP contribution < -0.4 is 5.32 Å². The molecule has 0 radical (unpaired) electrons. The van der Waals surface area contributed by atoms with Crippen molar-refractivity contribution >= 4 is 33.2 Å². The molecule has 0 unspecified atom stereocenters. The van der Waals surface area contributed by atoms with Crippen LogP contribution in [0.4, 0.5) is 0 Å². The molecule has 0 atom stereocenters. The lowest BCUT2D eigenvalue weighted by Gasteiger charge is -2.03. The third kappa shape index (κ3) is 2.46. The number of imidazole rings is 1. The van der Waals surface area contributed by atoms with Crippen LogP contribution >= 0.6 is 11.3 Å². The summed E-state index contributed by atoms with van der Waals surface area (Å²) in [6, 6.07) is 5.43. The average molecular weight is 326 g/mol. The van der Waals surface area contributed by atoms with Crippen LogP contribution in [0.1, 0.15) is 23.0 Å². The molecular weight excluding hydrogens is 312 g/mol. The van der Waals surface area contributed by atoms with Crippen LogP contribution in [-0.2, 0) is 13.1 Å². The molecule has 4 aromatic rings. The van der Waals surface area contributed by atoms with Gasteiger partial charge in [-0.1, -0.05) is 5.21 Å². The first-order valence-corrected chi connectivity index (χ1v) is 8.15. The second-order valence-electron chi connectivity index (χ2n) is 5.12. The minimum absolute atomic E-state index is 0.144. The van der Waals surface area contributed by atoms with Gasteiger partial charge in [0.25, 0.3) is 5.91 Å². The maximum atomic E-state index is 12.3. The fourth-order valence-electron chi connectivity index (χ4n) is 2.48. The molecule has 1 amide bonds. The van der Waals surface area contributed by atoms with Gasteiger partial charge < -0.3 is 5.32 Å². The van der Waals surface area contributed by atoms with Crippen molar-refractivity contribution in [3.8, 4) is 0 Å². The van der Waals surface area contributed by atoms with Gasteiger partial charge in [-0.25, -0.2) is 9.67 Å². The summed E-state index contributed by atoms with van der Waals surface area (Å²) >= 11 is 1.57. The van der Waals surface area contributed by atoms with Crippen LogP contribution in [0.5, 0.6) is 0 Å². The number of carbonyl (C=O) groups is 1. The van der Waals surface area contributed by atoms with Crippen molar-refractivity contribution in [3.63, 3.8) is 0 Å². The molecule has 3 aromatic heterocycles. The molecule has 1 N–H and O–H groups in total. The molecule has 3 heterocycles. The maximum absolute atomic E-state index is 12.3. The molecule has 0 fully saturated rings. The quantitative estimate of drug-likeness (QED) is 0.623. The van der Waals surface area contributed by atoms with Crippen molar-refractivity contribution in [2.24, 2.45) is 0 Å². The number of hydrogen-bond donors (Lipinski definition) is 1. The topological polar surface area (TPSA) is 77.1 Å². The third-order valence-electron chi connectivity index (χ3n) is 3.65. The van der Waals surface area contributed by atoms with E-state index in [2.05, 4.69) is 20.6 Å². The summed E-state index contributed by atoms with van der Waals surface area (Å²) in [5.74, 6) is -0.144. The Bertz CT molecular complexity index is 969. The van der Waals surface area contributed by atoms with E-state index in [9.17, 15) is 4.79 Å². The first-order chi connectivity index (χ1) is 11.2. The van der Waals surface area contributed by atoms with Crippen molar-refractivity contribution in [2.45, 2.75) is 20.0 Å². The van der Waals surface area contributed by atoms with Crippen LogP contribution in [0.2, 0.25) is 0 Å². The van der Waals surface area contributed by atoms with Crippen molar-refractivity contribution < 1.29 is 4.79 Å². The van der Waals surface area contributed by atoms with Crippen LogP contribution in [0.25, 0.3) is 16.0 Å². The third-order valence-corrected chi connectivity index (χ3v) is 4.42. The number of amides is 1. The van der Waals surface area contributed by atoms with Crippen molar-refractivity contribution in [1.82, 2.24) is 29.7 Å². The van der Waals surface area contributed by atoms with E-state index in [4.69, 9.17) is 0 Å². The normalized spacial score (nSPS) is 11.3. The number of nitrogens with one attached hydrogen (secondary N) is 1. The molecule has 4 rings (SSSR count). The minimum atomic E-state index is -0.144. The molecule has 0 aliphatic heterocycles. The maximum Gasteiger partial charge on any atom is 0.251 e. The molecular formula is C15H14N6OS. The Morgan fingerprint density at radius 1 is 1.39 bits per heavy atom. The summed E-state index contributed by atoms with van der Waals surface area (Å²) < 4.78 is 3.75. The van der Waals surface area contributed by atoms with Gasteiger partial charge in [0.1, 0.15) is 5.52 Å². The summed E-state index contributed by atoms with van der Waals surface area (Å²) in [5, 5.41) is 13.0. The summed E-state index contributed by atoms with van der Waals surface area (Å²) in [5.41, 5.74) is 3.06. The van der Waals surface area contributed by atoms with Crippen molar-refractivity contribution in [2.75, 3.05) is 0 Å². The van der Waals surface area contributed by atoms with Crippen molar-refractivity contribution in [1.29, 1.82) is 0 Å². The highest BCUT2D eigenvalue weighted by Gasteiger charge is 2.10. The molecule has 8 heteroatoms. The number of nitrogens with zero attached hydrogens (tertiary/aromatic N) is 5. The molecule has 0 bridgehead atoms. The van der Waals surface area contributed by atoms with Gasteiger partial charge in [-0.05, 0) is 25.1 Å². The van der Waals surface area contributed by atoms with Gasteiger partial charge >= 0.3 is 0 Å². The van der Waals surface area contributed by atoms with Crippen LogP contribution in [-0.4, -0.2) is 30.3 Å². The number of rotatable bonds is 4. The molecule has 0 saturated carbocycles. The summed E-state index contributed by atoms with van der Waals surface area (Å²) in [6.07, 6.45) is 3.87. The fraction of sp³-hybridized carbons (Fsp3) is 0.200. The number of fused-ring (bicyclic) bond motifs is 2. The molecule has 0 aliphatic rings. The number of thiazole rings is 1. The lowest BCUT2D eigenvalue weighted by molar-refractivity contribution is 0.0950. The van der Waals surface area contributed by atoms with E-state index >= 15 is 0 Å². The molecule has 0 spiro atoms. The van der Waals surface area contributed by atoms with Gasteiger partial charge in [0.15, 0.2) is 4.96 Å². The van der Waals surface area contributed by atoms with E-state index in [1.54, 1.807) is 28.2 Å². The second kappa shape index (κ2) is 5.47. The Labute approximate surface area is 135 Å². The first kappa shape index (κ1) is 13.9. The average Bonchev–Trinajstić information content (AvgIpc) is 3.25. The molecule has 7 nitrogen and oxygen atoms in total. The molecule has 0 aliphatic carbocycles. The Morgan fingerprint density at radius 2 is 2.30 bits per heavy atom. The van der Waals surface area contributed by atoms with Gasteiger partial charge in [-0.15, -0.1) is 16.4 Å². The van der Waals surface area contributed by atoms with E-state index in [-0.39, 0.29) is 5.91 Å². The lowest BCUT2D eigenvalue weighted by Crippen LogP contribution is -2.22. The Balaban J connectivity index is 1.51. The lowest BCUT2D eigenvalue weighted by atomic mass is 10.2. The minimum Gasteiger partial charge on any atom is -0.346 e. The van der Waals surface area contributed by atoms with Crippen LogP contribution in [0.3, 0.4) is 0 Å². The van der Waals surface area contributed by atoms with Crippen LogP contribution in [0, 0.1) is 0 Å². The number of benzene rings is 1. The Hall–Kier alpha value is -2.74. The van der Waals surface area contributed by atoms with Gasteiger partial charge in [0, 0.05) is 29.9 Å². The highest BCUT2D eigenvalue weighted by atomic mass is 32.1. The smallest absolute Gasteiger partial charge is 0.251 e. The highest BCUT2D eigenvalue weighted by Crippen LogP contribution is 2.14. The van der Waals surface area contributed by atoms with E-state index in [1.165, 1.54) is 0 Å². The molecule has 116 valence electrons. The van der Waals surface area contributed by atoms with E-state index in [0.717, 1.165) is 28.2 Å². The summed E-state index contributed by atoms with van der Waals surface area (Å²) in [7, 11) is 0. The second-order valence-corrected chi connectivity index (χ2v) is 5.99. The van der Waals surface area contributed by atoms with Gasteiger partial charge in [-0.2, -0.15) is 0 Å². The standard InChI is InChI=1S/C15H14N6OS/c1-2-21-13-4-3-10(7-12(13)18-19-21)14(22)16-8-11-9-20-5-6-23-15(20)17-11/h3-7,9H,2,8H2,1H3,(H,16,22). The number of aromatic nitrogens is 5. The fourth-order valence-corrected chi connectivity index (χ4v) is 3.20. The van der Waals surface area contributed by atoms with Crippen molar-refractivity contribution in [3.05, 3.63) is 47.2 Å². The van der Waals surface area contributed by atoms with Gasteiger partial charge in [0.05, 0.1) is 17.8 Å². The Kier molecular flexibility index (Phi) is 3.30. The highest BCUT2D eigenvalue weighted by molar-refractivity contribution is 7.15. The Morgan fingerprint density at radius 3 is 3.13 bits per heavy atom. The zero-order chi connectivity index (χ0) is 15.8. The zero-order valence-corrected chi connectivity index (χ0v) is 13.2. The molecule has 23 heavy (non-hydrogen) atoms. The number of carbonyl (C=O) groups excluding carboxylic acids is 1. The monoisotopic (exact) mass is 326 g/mol. The SMILES string of the molecule is CCn1nnc2cc(C(=O)NCc3cn4ccsc4n3)ccc21. The predicted molar refractivity (Wildman–Crippen MR) is 87.4 cm³/mol. The number of hydrogen-bond acceptors (Lipinski definition) is 5. The summed E-state index contributed by atoms with van der Waals surface area (Å²) in [6.45, 7) is 3.15. The molecule has 1 aromatic carbocycles. The predicted octanol–water partition coefficient (Wildman–Crippen LogP) is 2.09. The van der Waals surface area contributed by atoms with Gasteiger partial charge in [-0.3, -0.25) is 9.20 Å². The van der Waals surface area contributed by atoms with E-state index in [0.29, 0.717) is 12.1 Å². The largest absolute Gasteiger partial charge is 0.346 e. The summed E-state index contributed by atoms with van der Waals surface area (Å²) in [4.78, 5) is 17.7. The van der Waals surface area contributed by atoms with E-state index < -0.39 is 0 Å². The van der Waals surface area contributed by atoms with Crippen LogP contribution in [0.15, 0.2) is 36.0 Å². The molecule has 0 saturated heterocycles.